The molecule has 3 rings (SSSR count). The first-order valence-electron chi connectivity index (χ1n) is 8.69. The molecule has 1 saturated heterocycles. The van der Waals surface area contributed by atoms with Crippen molar-refractivity contribution in [1.29, 1.82) is 0 Å². The van der Waals surface area contributed by atoms with Gasteiger partial charge in [0.1, 0.15) is 0 Å². The van der Waals surface area contributed by atoms with Crippen LogP contribution in [-0.4, -0.2) is 56.2 Å². The van der Waals surface area contributed by atoms with E-state index in [1.165, 1.54) is 31.2 Å². The lowest BCUT2D eigenvalue weighted by atomic mass is 10.2. The molecule has 1 aliphatic heterocycles. The Labute approximate surface area is 168 Å². The number of carbonyl (C=O) groups is 2. The van der Waals surface area contributed by atoms with Gasteiger partial charge in [0.15, 0.2) is 0 Å². The van der Waals surface area contributed by atoms with Gasteiger partial charge in [-0.15, -0.1) is 0 Å². The zero-order chi connectivity index (χ0) is 20.3. The number of nitrogens with zero attached hydrogens (tertiary/aromatic N) is 2. The normalized spacial score (nSPS) is 14.6. The van der Waals surface area contributed by atoms with Crippen molar-refractivity contribution >= 4 is 39.1 Å². The summed E-state index contributed by atoms with van der Waals surface area (Å²) in [6.07, 6.45) is 0. The lowest BCUT2D eigenvalue weighted by Crippen LogP contribution is -2.50. The molecule has 1 N–H and O–H groups in total. The third-order valence-electron chi connectivity index (χ3n) is 4.52. The van der Waals surface area contributed by atoms with E-state index in [4.69, 9.17) is 11.6 Å². The summed E-state index contributed by atoms with van der Waals surface area (Å²) >= 11 is 5.80. The molecule has 9 heteroatoms. The molecule has 0 radical (unpaired) electrons. The van der Waals surface area contributed by atoms with Crippen molar-refractivity contribution in [2.45, 2.75) is 11.8 Å². The summed E-state index contributed by atoms with van der Waals surface area (Å²) in [5.74, 6) is -0.187. The van der Waals surface area contributed by atoms with Crippen LogP contribution in [0.25, 0.3) is 0 Å². The lowest BCUT2D eigenvalue weighted by Gasteiger charge is -2.34. The van der Waals surface area contributed by atoms with Gasteiger partial charge in [0.25, 0.3) is 15.9 Å². The highest BCUT2D eigenvalue weighted by Gasteiger charge is 2.23. The molecule has 2 aromatic carbocycles. The number of sulfonamides is 1. The summed E-state index contributed by atoms with van der Waals surface area (Å²) in [5.41, 5.74) is 0.801. The first-order chi connectivity index (χ1) is 13.3. The van der Waals surface area contributed by atoms with Gasteiger partial charge in [-0.05, 0) is 48.5 Å². The van der Waals surface area contributed by atoms with Crippen LogP contribution in [0, 0.1) is 0 Å². The van der Waals surface area contributed by atoms with Crippen LogP contribution in [0.3, 0.4) is 0 Å². The molecule has 0 unspecified atom stereocenters. The van der Waals surface area contributed by atoms with E-state index in [9.17, 15) is 18.0 Å². The molecular formula is C19H20ClN3O4S. The van der Waals surface area contributed by atoms with E-state index in [2.05, 4.69) is 4.72 Å². The summed E-state index contributed by atoms with van der Waals surface area (Å²) in [6.45, 7) is 3.42. The molecule has 0 aromatic heterocycles. The van der Waals surface area contributed by atoms with E-state index in [1.54, 1.807) is 34.1 Å². The lowest BCUT2D eigenvalue weighted by molar-refractivity contribution is -0.130. The van der Waals surface area contributed by atoms with Gasteiger partial charge in [-0.1, -0.05) is 11.6 Å². The third-order valence-corrected chi connectivity index (χ3v) is 6.17. The number of nitrogens with one attached hydrogen (secondary N) is 1. The van der Waals surface area contributed by atoms with Crippen molar-refractivity contribution in [1.82, 2.24) is 9.80 Å². The standard InChI is InChI=1S/C19H20ClN3O4S/c1-14(24)22-10-12-23(13-11-22)19(25)15-2-8-18(9-3-15)28(26,27)21-17-6-4-16(20)5-7-17/h2-9,21H,10-13H2,1H3. The van der Waals surface area contributed by atoms with Gasteiger partial charge in [-0.3, -0.25) is 14.3 Å². The molecule has 0 atom stereocenters. The van der Waals surface area contributed by atoms with Crippen LogP contribution in [0.1, 0.15) is 17.3 Å². The number of carbonyl (C=O) groups excluding carboxylic acids is 2. The van der Waals surface area contributed by atoms with E-state index in [0.29, 0.717) is 42.5 Å². The van der Waals surface area contributed by atoms with Gasteiger partial charge in [-0.25, -0.2) is 8.42 Å². The first kappa shape index (κ1) is 20.2. The Bertz CT molecular complexity index is 967. The number of rotatable bonds is 4. The molecule has 2 aromatic rings. The number of hydrogen-bond donors (Lipinski definition) is 1. The van der Waals surface area contributed by atoms with Crippen LogP contribution < -0.4 is 4.72 Å². The Morgan fingerprint density at radius 2 is 1.43 bits per heavy atom. The van der Waals surface area contributed by atoms with Crippen molar-refractivity contribution in [3.8, 4) is 0 Å². The van der Waals surface area contributed by atoms with Crippen LogP contribution >= 0.6 is 11.6 Å². The summed E-state index contributed by atoms with van der Waals surface area (Å²) in [4.78, 5) is 27.4. The zero-order valence-electron chi connectivity index (χ0n) is 15.3. The molecular weight excluding hydrogens is 402 g/mol. The van der Waals surface area contributed by atoms with E-state index in [0.717, 1.165) is 0 Å². The second-order valence-corrected chi connectivity index (χ2v) is 8.55. The second kappa shape index (κ2) is 8.20. The molecule has 1 heterocycles. The molecule has 7 nitrogen and oxygen atoms in total. The number of piperazine rings is 1. The first-order valence-corrected chi connectivity index (χ1v) is 10.6. The second-order valence-electron chi connectivity index (χ2n) is 6.44. The van der Waals surface area contributed by atoms with Crippen molar-refractivity contribution in [3.05, 3.63) is 59.1 Å². The Morgan fingerprint density at radius 3 is 1.96 bits per heavy atom. The maximum absolute atomic E-state index is 12.6. The fourth-order valence-electron chi connectivity index (χ4n) is 2.92. The smallest absolute Gasteiger partial charge is 0.261 e. The predicted octanol–water partition coefficient (Wildman–Crippen LogP) is 2.45. The van der Waals surface area contributed by atoms with Crippen LogP contribution in [0.5, 0.6) is 0 Å². The van der Waals surface area contributed by atoms with E-state index >= 15 is 0 Å². The maximum atomic E-state index is 12.6. The van der Waals surface area contributed by atoms with Crippen molar-refractivity contribution in [2.24, 2.45) is 0 Å². The third kappa shape index (κ3) is 4.63. The number of anilines is 1. The molecule has 148 valence electrons. The number of benzene rings is 2. The molecule has 0 saturated carbocycles. The number of halogens is 1. The summed E-state index contributed by atoms with van der Waals surface area (Å²) in [5, 5.41) is 0.509. The summed E-state index contributed by atoms with van der Waals surface area (Å²) < 4.78 is 27.5. The Morgan fingerprint density at radius 1 is 0.893 bits per heavy atom. The van der Waals surface area contributed by atoms with Crippen LogP contribution in [0.4, 0.5) is 5.69 Å². The number of hydrogen-bond acceptors (Lipinski definition) is 4. The van der Waals surface area contributed by atoms with Gasteiger partial charge in [0.05, 0.1) is 4.90 Å². The highest BCUT2D eigenvalue weighted by Crippen LogP contribution is 2.19. The fraction of sp³-hybridized carbons (Fsp3) is 0.263. The minimum Gasteiger partial charge on any atom is -0.339 e. The van der Waals surface area contributed by atoms with Crippen LogP contribution in [0.15, 0.2) is 53.4 Å². The monoisotopic (exact) mass is 421 g/mol. The highest BCUT2D eigenvalue weighted by molar-refractivity contribution is 7.92. The van der Waals surface area contributed by atoms with Crippen LogP contribution in [0.2, 0.25) is 5.02 Å². The molecule has 28 heavy (non-hydrogen) atoms. The Hall–Kier alpha value is -2.58. The largest absolute Gasteiger partial charge is 0.339 e. The number of amides is 2. The average molecular weight is 422 g/mol. The topological polar surface area (TPSA) is 86.8 Å². The molecule has 0 spiro atoms. The summed E-state index contributed by atoms with van der Waals surface area (Å²) in [6, 6.07) is 12.1. The molecule has 1 aliphatic rings. The predicted molar refractivity (Wildman–Crippen MR) is 107 cm³/mol. The Kier molecular flexibility index (Phi) is 5.90. The quantitative estimate of drug-likeness (QED) is 0.821. The SMILES string of the molecule is CC(=O)N1CCN(C(=O)c2ccc(S(=O)(=O)Nc3ccc(Cl)cc3)cc2)CC1. The summed E-state index contributed by atoms with van der Waals surface area (Å²) in [7, 11) is -3.77. The average Bonchev–Trinajstić information content (AvgIpc) is 2.69. The van der Waals surface area contributed by atoms with Gasteiger partial charge in [0.2, 0.25) is 5.91 Å². The molecule has 0 aliphatic carbocycles. The molecule has 1 fully saturated rings. The minimum absolute atomic E-state index is 0.00477. The maximum Gasteiger partial charge on any atom is 0.261 e. The molecule has 0 bridgehead atoms. The Balaban J connectivity index is 1.68. The van der Waals surface area contributed by atoms with Gasteiger partial charge >= 0.3 is 0 Å². The zero-order valence-corrected chi connectivity index (χ0v) is 16.8. The van der Waals surface area contributed by atoms with Gasteiger partial charge < -0.3 is 9.80 Å². The van der Waals surface area contributed by atoms with E-state index in [-0.39, 0.29) is 16.7 Å². The van der Waals surface area contributed by atoms with Crippen molar-refractivity contribution < 1.29 is 18.0 Å². The molecule has 2 amide bonds. The minimum atomic E-state index is -3.77. The van der Waals surface area contributed by atoms with Crippen LogP contribution in [-0.2, 0) is 14.8 Å². The van der Waals surface area contributed by atoms with Gasteiger partial charge in [0, 0.05) is 49.4 Å². The van der Waals surface area contributed by atoms with Gasteiger partial charge in [-0.2, -0.15) is 0 Å². The van der Waals surface area contributed by atoms with Crippen molar-refractivity contribution in [3.63, 3.8) is 0 Å². The van der Waals surface area contributed by atoms with E-state index in [1.807, 2.05) is 0 Å². The highest BCUT2D eigenvalue weighted by atomic mass is 35.5. The van der Waals surface area contributed by atoms with E-state index < -0.39 is 10.0 Å². The van der Waals surface area contributed by atoms with Crippen molar-refractivity contribution in [2.75, 3.05) is 30.9 Å². The fourth-order valence-corrected chi connectivity index (χ4v) is 4.10.